The molecule has 0 saturated carbocycles. The number of nitrogens with zero attached hydrogens (tertiary/aromatic N) is 3. The highest BCUT2D eigenvalue weighted by Crippen LogP contribution is 2.23. The minimum absolute atomic E-state index is 0.0711. The molecular formula is C19H25N3O3S. The first-order chi connectivity index (χ1) is 12.5. The Morgan fingerprint density at radius 1 is 1.15 bits per heavy atom. The molecule has 2 aliphatic heterocycles. The highest BCUT2D eigenvalue weighted by Gasteiger charge is 2.34. The Morgan fingerprint density at radius 2 is 1.88 bits per heavy atom. The van der Waals surface area contributed by atoms with Gasteiger partial charge >= 0.3 is 0 Å². The summed E-state index contributed by atoms with van der Waals surface area (Å²) in [7, 11) is -2.87. The topological polar surface area (TPSA) is 62.6 Å². The van der Waals surface area contributed by atoms with E-state index in [2.05, 4.69) is 16.4 Å². The van der Waals surface area contributed by atoms with Crippen molar-refractivity contribution in [1.29, 1.82) is 0 Å². The van der Waals surface area contributed by atoms with Gasteiger partial charge in [-0.1, -0.05) is 18.2 Å². The van der Waals surface area contributed by atoms with Crippen molar-refractivity contribution in [3.8, 4) is 0 Å². The molecule has 26 heavy (non-hydrogen) atoms. The lowest BCUT2D eigenvalue weighted by Gasteiger charge is -2.37. The van der Waals surface area contributed by atoms with Crippen LogP contribution in [0.4, 0.5) is 0 Å². The second-order valence-electron chi connectivity index (χ2n) is 7.22. The fourth-order valence-electron chi connectivity index (χ4n) is 4.24. The van der Waals surface area contributed by atoms with Gasteiger partial charge in [0.25, 0.3) is 5.91 Å². The molecule has 7 heteroatoms. The van der Waals surface area contributed by atoms with Crippen LogP contribution in [0.25, 0.3) is 10.9 Å². The summed E-state index contributed by atoms with van der Waals surface area (Å²) in [6, 6.07) is 10.2. The summed E-state index contributed by atoms with van der Waals surface area (Å²) in [5.74, 6) is 0.639. The number of aromatic nitrogens is 1. The van der Waals surface area contributed by atoms with E-state index in [0.717, 1.165) is 42.7 Å². The zero-order chi connectivity index (χ0) is 18.3. The fraction of sp³-hybridized carbons (Fsp3) is 0.526. The van der Waals surface area contributed by atoms with E-state index >= 15 is 0 Å². The van der Waals surface area contributed by atoms with Crippen molar-refractivity contribution in [2.24, 2.45) is 0 Å². The van der Waals surface area contributed by atoms with Crippen LogP contribution in [0.5, 0.6) is 0 Å². The van der Waals surface area contributed by atoms with Gasteiger partial charge in [0.05, 0.1) is 11.5 Å². The first-order valence-corrected chi connectivity index (χ1v) is 11.1. The number of sulfone groups is 1. The summed E-state index contributed by atoms with van der Waals surface area (Å²) < 4.78 is 25.5. The van der Waals surface area contributed by atoms with Crippen molar-refractivity contribution >= 4 is 26.6 Å². The van der Waals surface area contributed by atoms with Gasteiger partial charge in [0.2, 0.25) is 0 Å². The average Bonchev–Trinajstić information content (AvgIpc) is 3.21. The summed E-state index contributed by atoms with van der Waals surface area (Å²) in [6.07, 6.45) is 0.723. The van der Waals surface area contributed by atoms with Crippen molar-refractivity contribution in [2.45, 2.75) is 25.9 Å². The molecule has 1 atom stereocenters. The Bertz CT molecular complexity index is 927. The SMILES string of the molecule is CCn1c(C(=O)N2CCN(C3CCS(=O)(=O)C3)CC2)cc2ccccc21. The molecule has 2 saturated heterocycles. The summed E-state index contributed by atoms with van der Waals surface area (Å²) in [4.78, 5) is 17.2. The van der Waals surface area contributed by atoms with Crippen LogP contribution >= 0.6 is 0 Å². The Labute approximate surface area is 154 Å². The number of fused-ring (bicyclic) bond motifs is 1. The molecule has 6 nitrogen and oxygen atoms in total. The molecule has 3 heterocycles. The van der Waals surface area contributed by atoms with E-state index in [9.17, 15) is 13.2 Å². The molecule has 0 N–H and O–H groups in total. The molecular weight excluding hydrogens is 350 g/mol. The van der Waals surface area contributed by atoms with E-state index in [-0.39, 0.29) is 17.7 Å². The number of hydrogen-bond donors (Lipinski definition) is 0. The summed E-state index contributed by atoms with van der Waals surface area (Å²) in [6.45, 7) is 5.62. The third kappa shape index (κ3) is 3.14. The van der Waals surface area contributed by atoms with E-state index in [1.165, 1.54) is 0 Å². The van der Waals surface area contributed by atoms with Gasteiger partial charge in [0.1, 0.15) is 5.69 Å². The molecule has 140 valence electrons. The number of carbonyl (C=O) groups is 1. The average molecular weight is 375 g/mol. The first-order valence-electron chi connectivity index (χ1n) is 9.30. The van der Waals surface area contributed by atoms with Crippen LogP contribution in [0.2, 0.25) is 0 Å². The molecule has 2 fully saturated rings. The normalized spacial score (nSPS) is 23.6. The summed E-state index contributed by atoms with van der Waals surface area (Å²) in [5.41, 5.74) is 1.83. The number of benzene rings is 1. The number of para-hydroxylation sites is 1. The van der Waals surface area contributed by atoms with Gasteiger partial charge in [-0.25, -0.2) is 8.42 Å². The van der Waals surface area contributed by atoms with Crippen LogP contribution in [0.3, 0.4) is 0 Å². The molecule has 1 aromatic carbocycles. The molecule has 1 unspecified atom stereocenters. The summed E-state index contributed by atoms with van der Waals surface area (Å²) in [5, 5.41) is 1.09. The molecule has 0 aliphatic carbocycles. The number of rotatable bonds is 3. The standard InChI is InChI=1S/C19H25N3O3S/c1-2-22-17-6-4-3-5-15(17)13-18(22)19(23)21-10-8-20(9-11-21)16-7-12-26(24,25)14-16/h3-6,13,16H,2,7-12,14H2,1H3. The molecule has 0 spiro atoms. The highest BCUT2D eigenvalue weighted by atomic mass is 32.2. The van der Waals surface area contributed by atoms with Crippen molar-refractivity contribution in [1.82, 2.24) is 14.4 Å². The number of carbonyl (C=O) groups excluding carboxylic acids is 1. The minimum atomic E-state index is -2.87. The Balaban J connectivity index is 1.47. The molecule has 0 radical (unpaired) electrons. The Kier molecular flexibility index (Phi) is 4.52. The van der Waals surface area contributed by atoms with Gasteiger partial charge in [-0.15, -0.1) is 0 Å². The van der Waals surface area contributed by atoms with Crippen LogP contribution in [0.15, 0.2) is 30.3 Å². The van der Waals surface area contributed by atoms with Gasteiger partial charge in [0, 0.05) is 49.7 Å². The van der Waals surface area contributed by atoms with Crippen LogP contribution in [0, 0.1) is 0 Å². The summed E-state index contributed by atoms with van der Waals surface area (Å²) >= 11 is 0. The van der Waals surface area contributed by atoms with Crippen LogP contribution in [0.1, 0.15) is 23.8 Å². The molecule has 4 rings (SSSR count). The maximum absolute atomic E-state index is 13.1. The Hall–Kier alpha value is -1.86. The van der Waals surface area contributed by atoms with Gasteiger partial charge in [-0.05, 0) is 25.5 Å². The molecule has 0 bridgehead atoms. The number of piperazine rings is 1. The molecule has 2 aromatic rings. The predicted octanol–water partition coefficient (Wildman–Crippen LogP) is 1.61. The maximum Gasteiger partial charge on any atom is 0.270 e. The predicted molar refractivity (Wildman–Crippen MR) is 102 cm³/mol. The number of amides is 1. The van der Waals surface area contributed by atoms with Gasteiger partial charge < -0.3 is 9.47 Å². The van der Waals surface area contributed by atoms with Crippen molar-refractivity contribution in [2.75, 3.05) is 37.7 Å². The van der Waals surface area contributed by atoms with Crippen molar-refractivity contribution in [3.63, 3.8) is 0 Å². The monoisotopic (exact) mass is 375 g/mol. The van der Waals surface area contributed by atoms with Crippen LogP contribution < -0.4 is 0 Å². The molecule has 1 amide bonds. The Morgan fingerprint density at radius 3 is 2.54 bits per heavy atom. The third-order valence-corrected chi connectivity index (χ3v) is 7.42. The largest absolute Gasteiger partial charge is 0.337 e. The van der Waals surface area contributed by atoms with E-state index in [4.69, 9.17) is 0 Å². The lowest BCUT2D eigenvalue weighted by atomic mass is 10.2. The third-order valence-electron chi connectivity index (χ3n) is 5.67. The minimum Gasteiger partial charge on any atom is -0.337 e. The van der Waals surface area contributed by atoms with E-state index < -0.39 is 9.84 Å². The molecule has 2 aliphatic rings. The lowest BCUT2D eigenvalue weighted by Crippen LogP contribution is -2.52. The maximum atomic E-state index is 13.1. The van der Waals surface area contributed by atoms with E-state index in [1.54, 1.807) is 0 Å². The zero-order valence-electron chi connectivity index (χ0n) is 15.1. The van der Waals surface area contributed by atoms with Gasteiger partial charge in [-0.3, -0.25) is 9.69 Å². The highest BCUT2D eigenvalue weighted by molar-refractivity contribution is 7.91. The van der Waals surface area contributed by atoms with Crippen molar-refractivity contribution in [3.05, 3.63) is 36.0 Å². The smallest absolute Gasteiger partial charge is 0.270 e. The molecule has 1 aromatic heterocycles. The van der Waals surface area contributed by atoms with Gasteiger partial charge in [-0.2, -0.15) is 0 Å². The van der Waals surface area contributed by atoms with E-state index in [1.807, 2.05) is 35.2 Å². The first kappa shape index (κ1) is 17.5. The second kappa shape index (κ2) is 6.70. The van der Waals surface area contributed by atoms with Crippen molar-refractivity contribution < 1.29 is 13.2 Å². The second-order valence-corrected chi connectivity index (χ2v) is 9.45. The fourth-order valence-corrected chi connectivity index (χ4v) is 6.01. The lowest BCUT2D eigenvalue weighted by molar-refractivity contribution is 0.0578. The van der Waals surface area contributed by atoms with Gasteiger partial charge in [0.15, 0.2) is 9.84 Å². The quantitative estimate of drug-likeness (QED) is 0.818. The zero-order valence-corrected chi connectivity index (χ0v) is 15.9. The van der Waals surface area contributed by atoms with Crippen LogP contribution in [-0.2, 0) is 16.4 Å². The number of aryl methyl sites for hydroxylation is 1. The number of hydrogen-bond acceptors (Lipinski definition) is 4. The van der Waals surface area contributed by atoms with E-state index in [0.29, 0.717) is 18.8 Å². The van der Waals surface area contributed by atoms with Crippen LogP contribution in [-0.4, -0.2) is 72.4 Å².